The number of carbonyl (C=O) groups is 2. The van der Waals surface area contributed by atoms with Crippen molar-refractivity contribution >= 4 is 17.6 Å². The first-order chi connectivity index (χ1) is 13.4. The van der Waals surface area contributed by atoms with Gasteiger partial charge in [-0.15, -0.1) is 0 Å². The number of hydrogen-bond acceptors (Lipinski definition) is 4. The van der Waals surface area contributed by atoms with Crippen molar-refractivity contribution in [3.05, 3.63) is 65.0 Å². The standard InChI is InChI=1S/C21H25FN4O2/c1-14-5-3-8-18(15(14)2)24-21(28)25-20(27)13-26-10-9-23-12-19(26)16-6-4-7-17(22)11-16/h3-8,11,19,23H,9-10,12-13H2,1-2H3,(H2,24,25,27,28). The van der Waals surface area contributed by atoms with Crippen molar-refractivity contribution in [1.29, 1.82) is 0 Å². The largest absolute Gasteiger partial charge is 0.325 e. The summed E-state index contributed by atoms with van der Waals surface area (Å²) in [7, 11) is 0. The van der Waals surface area contributed by atoms with E-state index in [0.29, 0.717) is 18.8 Å². The van der Waals surface area contributed by atoms with Crippen molar-refractivity contribution < 1.29 is 14.0 Å². The van der Waals surface area contributed by atoms with Crippen LogP contribution in [0.5, 0.6) is 0 Å². The van der Waals surface area contributed by atoms with Crippen molar-refractivity contribution in [2.75, 3.05) is 31.5 Å². The van der Waals surface area contributed by atoms with Gasteiger partial charge in [0.2, 0.25) is 5.91 Å². The van der Waals surface area contributed by atoms with Gasteiger partial charge in [-0.25, -0.2) is 9.18 Å². The summed E-state index contributed by atoms with van der Waals surface area (Å²) in [5.74, 6) is -0.702. The van der Waals surface area contributed by atoms with Gasteiger partial charge in [0.25, 0.3) is 0 Å². The summed E-state index contributed by atoms with van der Waals surface area (Å²) < 4.78 is 13.6. The van der Waals surface area contributed by atoms with Crippen LogP contribution in [0.3, 0.4) is 0 Å². The summed E-state index contributed by atoms with van der Waals surface area (Å²) in [4.78, 5) is 26.6. The Morgan fingerprint density at radius 2 is 2.00 bits per heavy atom. The minimum absolute atomic E-state index is 0.0586. The molecule has 1 fully saturated rings. The number of nitrogens with zero attached hydrogens (tertiary/aromatic N) is 1. The van der Waals surface area contributed by atoms with E-state index in [2.05, 4.69) is 16.0 Å². The van der Waals surface area contributed by atoms with Crippen LogP contribution in [0.25, 0.3) is 0 Å². The SMILES string of the molecule is Cc1cccc(NC(=O)NC(=O)CN2CCNCC2c2cccc(F)c2)c1C. The van der Waals surface area contributed by atoms with E-state index < -0.39 is 11.9 Å². The molecule has 3 N–H and O–H groups in total. The molecular formula is C21H25FN4O2. The second kappa shape index (κ2) is 8.95. The Kier molecular flexibility index (Phi) is 6.38. The zero-order valence-electron chi connectivity index (χ0n) is 16.1. The van der Waals surface area contributed by atoms with Crippen molar-refractivity contribution in [2.45, 2.75) is 19.9 Å². The molecule has 3 amide bonds. The van der Waals surface area contributed by atoms with Gasteiger partial charge < -0.3 is 10.6 Å². The number of urea groups is 1. The maximum atomic E-state index is 13.6. The maximum absolute atomic E-state index is 13.6. The number of amides is 3. The summed E-state index contributed by atoms with van der Waals surface area (Å²) in [6.45, 7) is 5.91. The highest BCUT2D eigenvalue weighted by Gasteiger charge is 2.26. The van der Waals surface area contributed by atoms with Crippen molar-refractivity contribution in [3.8, 4) is 0 Å². The average molecular weight is 384 g/mol. The number of aryl methyl sites for hydroxylation is 1. The number of halogens is 1. The van der Waals surface area contributed by atoms with Crippen LogP contribution in [0, 0.1) is 19.7 Å². The fourth-order valence-corrected chi connectivity index (χ4v) is 3.37. The number of imide groups is 1. The molecule has 2 aromatic rings. The van der Waals surface area contributed by atoms with Gasteiger partial charge in [-0.05, 0) is 48.7 Å². The van der Waals surface area contributed by atoms with E-state index in [1.807, 2.05) is 36.9 Å². The Bertz CT molecular complexity index is 871. The van der Waals surface area contributed by atoms with E-state index in [1.54, 1.807) is 12.1 Å². The molecule has 28 heavy (non-hydrogen) atoms. The topological polar surface area (TPSA) is 73.5 Å². The van der Waals surface area contributed by atoms with Crippen molar-refractivity contribution in [3.63, 3.8) is 0 Å². The molecule has 0 bridgehead atoms. The predicted octanol–water partition coefficient (Wildman–Crippen LogP) is 2.74. The molecule has 0 radical (unpaired) electrons. The number of piperazine rings is 1. The molecule has 1 unspecified atom stereocenters. The number of carbonyl (C=O) groups excluding carboxylic acids is 2. The smallest absolute Gasteiger partial charge is 0.314 e. The van der Waals surface area contributed by atoms with Crippen LogP contribution in [0.15, 0.2) is 42.5 Å². The third kappa shape index (κ3) is 4.94. The molecule has 3 rings (SSSR count). The predicted molar refractivity (Wildman–Crippen MR) is 107 cm³/mol. The lowest BCUT2D eigenvalue weighted by Crippen LogP contribution is -2.50. The maximum Gasteiger partial charge on any atom is 0.325 e. The number of anilines is 1. The Labute approximate surface area is 164 Å². The molecular weight excluding hydrogens is 359 g/mol. The summed E-state index contributed by atoms with van der Waals surface area (Å²) in [5, 5.41) is 8.36. The van der Waals surface area contributed by atoms with Gasteiger partial charge in [-0.3, -0.25) is 15.0 Å². The molecule has 1 aliphatic rings. The molecule has 0 aliphatic carbocycles. The molecule has 0 spiro atoms. The minimum Gasteiger partial charge on any atom is -0.314 e. The van der Waals surface area contributed by atoms with Gasteiger partial charge >= 0.3 is 6.03 Å². The highest BCUT2D eigenvalue weighted by atomic mass is 19.1. The second-order valence-electron chi connectivity index (χ2n) is 7.00. The zero-order chi connectivity index (χ0) is 20.1. The van der Waals surface area contributed by atoms with Crippen LogP contribution in [0.4, 0.5) is 14.9 Å². The van der Waals surface area contributed by atoms with Gasteiger partial charge in [0.05, 0.1) is 6.54 Å². The van der Waals surface area contributed by atoms with Gasteiger partial charge in [0, 0.05) is 31.4 Å². The molecule has 2 aromatic carbocycles. The fraction of sp³-hybridized carbons (Fsp3) is 0.333. The van der Waals surface area contributed by atoms with E-state index in [1.165, 1.54) is 12.1 Å². The minimum atomic E-state index is -0.559. The first-order valence-corrected chi connectivity index (χ1v) is 9.31. The zero-order valence-corrected chi connectivity index (χ0v) is 16.1. The highest BCUT2D eigenvalue weighted by Crippen LogP contribution is 2.22. The summed E-state index contributed by atoms with van der Waals surface area (Å²) in [6.07, 6.45) is 0. The molecule has 6 nitrogen and oxygen atoms in total. The average Bonchev–Trinajstić information content (AvgIpc) is 2.66. The number of rotatable bonds is 4. The van der Waals surface area contributed by atoms with Crippen LogP contribution in [0.2, 0.25) is 0 Å². The molecule has 1 heterocycles. The number of benzene rings is 2. The summed E-state index contributed by atoms with van der Waals surface area (Å²) in [6, 6.07) is 11.3. The number of nitrogens with one attached hydrogen (secondary N) is 3. The molecule has 0 saturated carbocycles. The van der Waals surface area contributed by atoms with Crippen LogP contribution in [-0.4, -0.2) is 43.0 Å². The van der Waals surface area contributed by atoms with Crippen LogP contribution in [0.1, 0.15) is 22.7 Å². The Morgan fingerprint density at radius 1 is 1.21 bits per heavy atom. The van der Waals surface area contributed by atoms with E-state index >= 15 is 0 Å². The quantitative estimate of drug-likeness (QED) is 0.758. The normalized spacial score (nSPS) is 17.2. The lowest BCUT2D eigenvalue weighted by atomic mass is 10.0. The molecule has 148 valence electrons. The summed E-state index contributed by atoms with van der Waals surface area (Å²) in [5.41, 5.74) is 3.49. The third-order valence-electron chi connectivity index (χ3n) is 5.04. The lowest BCUT2D eigenvalue weighted by molar-refractivity contribution is -0.121. The van der Waals surface area contributed by atoms with E-state index in [0.717, 1.165) is 23.2 Å². The molecule has 1 saturated heterocycles. The molecule has 1 atom stereocenters. The van der Waals surface area contributed by atoms with Gasteiger partial charge in [-0.1, -0.05) is 24.3 Å². The Morgan fingerprint density at radius 3 is 2.79 bits per heavy atom. The van der Waals surface area contributed by atoms with Gasteiger partial charge in [0.15, 0.2) is 0 Å². The molecule has 0 aromatic heterocycles. The van der Waals surface area contributed by atoms with Crippen molar-refractivity contribution in [1.82, 2.24) is 15.5 Å². The number of hydrogen-bond donors (Lipinski definition) is 3. The van der Waals surface area contributed by atoms with E-state index in [9.17, 15) is 14.0 Å². The molecule has 1 aliphatic heterocycles. The van der Waals surface area contributed by atoms with Crippen LogP contribution >= 0.6 is 0 Å². The van der Waals surface area contributed by atoms with Gasteiger partial charge in [0.1, 0.15) is 5.82 Å². The first kappa shape index (κ1) is 20.0. The Balaban J connectivity index is 1.61. The fourth-order valence-electron chi connectivity index (χ4n) is 3.37. The highest BCUT2D eigenvalue weighted by molar-refractivity contribution is 6.02. The van der Waals surface area contributed by atoms with E-state index in [4.69, 9.17) is 0 Å². The van der Waals surface area contributed by atoms with Gasteiger partial charge in [-0.2, -0.15) is 0 Å². The first-order valence-electron chi connectivity index (χ1n) is 9.31. The van der Waals surface area contributed by atoms with Crippen LogP contribution < -0.4 is 16.0 Å². The monoisotopic (exact) mass is 384 g/mol. The lowest BCUT2D eigenvalue weighted by Gasteiger charge is -2.35. The second-order valence-corrected chi connectivity index (χ2v) is 7.00. The summed E-state index contributed by atoms with van der Waals surface area (Å²) >= 11 is 0. The van der Waals surface area contributed by atoms with Crippen LogP contribution in [-0.2, 0) is 4.79 Å². The molecule has 7 heteroatoms. The Hall–Kier alpha value is -2.77. The van der Waals surface area contributed by atoms with E-state index in [-0.39, 0.29) is 18.4 Å². The van der Waals surface area contributed by atoms with Crippen molar-refractivity contribution in [2.24, 2.45) is 0 Å². The third-order valence-corrected chi connectivity index (χ3v) is 5.04.